The summed E-state index contributed by atoms with van der Waals surface area (Å²) in [6.45, 7) is 0.177. The number of ether oxygens (including phenoxy) is 1. The van der Waals surface area contributed by atoms with Crippen molar-refractivity contribution in [3.8, 4) is 5.75 Å². The number of fused-ring (bicyclic) bond motifs is 1. The highest BCUT2D eigenvalue weighted by molar-refractivity contribution is 6.10. The minimum Gasteiger partial charge on any atom is -0.497 e. The smallest absolute Gasteiger partial charge is 0.282 e. The number of carbonyl (C=O) groups is 3. The van der Waals surface area contributed by atoms with Gasteiger partial charge >= 0.3 is 0 Å². The van der Waals surface area contributed by atoms with Crippen molar-refractivity contribution in [1.82, 2.24) is 0 Å². The Labute approximate surface area is 163 Å². The van der Waals surface area contributed by atoms with Gasteiger partial charge in [0, 0.05) is 11.8 Å². The molecule has 1 unspecified atom stereocenters. The molecular weight excluding hydrogens is 360 g/mol. The van der Waals surface area contributed by atoms with E-state index in [1.54, 1.807) is 56.6 Å². The van der Waals surface area contributed by atoms with Gasteiger partial charge in [0.2, 0.25) is 5.91 Å². The maximum absolute atomic E-state index is 12.7. The Morgan fingerprint density at radius 3 is 2.75 bits per heavy atom. The summed E-state index contributed by atoms with van der Waals surface area (Å²) in [7, 11) is 3.32. The van der Waals surface area contributed by atoms with Crippen LogP contribution in [0.3, 0.4) is 0 Å². The van der Waals surface area contributed by atoms with Crippen LogP contribution in [-0.2, 0) is 14.4 Å². The summed E-state index contributed by atoms with van der Waals surface area (Å²) < 4.78 is 5.14. The van der Waals surface area contributed by atoms with E-state index in [0.29, 0.717) is 27.7 Å². The molecule has 0 bridgehead atoms. The number of nitrogens with one attached hydrogen (secondary N) is 3. The fraction of sp³-hybridized carbons (Fsp3) is 0.250. The molecule has 2 aromatic rings. The lowest BCUT2D eigenvalue weighted by Gasteiger charge is -2.29. The second-order valence-corrected chi connectivity index (χ2v) is 6.64. The van der Waals surface area contributed by atoms with Crippen LogP contribution in [0.25, 0.3) is 0 Å². The molecule has 0 saturated heterocycles. The van der Waals surface area contributed by atoms with E-state index in [1.165, 1.54) is 4.90 Å². The maximum atomic E-state index is 12.7. The van der Waals surface area contributed by atoms with Gasteiger partial charge in [0.15, 0.2) is 13.1 Å². The Hall–Kier alpha value is -3.39. The first kappa shape index (κ1) is 19.4. The van der Waals surface area contributed by atoms with E-state index in [2.05, 4.69) is 10.6 Å². The molecule has 0 aliphatic carbocycles. The van der Waals surface area contributed by atoms with Crippen LogP contribution < -0.4 is 25.2 Å². The molecule has 0 saturated carbocycles. The van der Waals surface area contributed by atoms with Crippen LogP contribution in [0.15, 0.2) is 48.5 Å². The molecule has 0 fully saturated rings. The van der Waals surface area contributed by atoms with Crippen molar-refractivity contribution < 1.29 is 24.0 Å². The zero-order chi connectivity index (χ0) is 20.1. The summed E-state index contributed by atoms with van der Waals surface area (Å²) in [6.07, 6.45) is 0. The van der Waals surface area contributed by atoms with Crippen LogP contribution in [0.4, 0.5) is 17.1 Å². The number of nitrogens with zero attached hydrogens (tertiary/aromatic N) is 1. The van der Waals surface area contributed by atoms with Crippen molar-refractivity contribution in [3.05, 3.63) is 48.5 Å². The molecule has 1 heterocycles. The van der Waals surface area contributed by atoms with Crippen molar-refractivity contribution in [2.24, 2.45) is 0 Å². The van der Waals surface area contributed by atoms with Crippen molar-refractivity contribution in [3.63, 3.8) is 0 Å². The third-order valence-corrected chi connectivity index (χ3v) is 4.34. The number of hydrogen-bond donors (Lipinski definition) is 3. The first-order valence-corrected chi connectivity index (χ1v) is 8.90. The van der Waals surface area contributed by atoms with Gasteiger partial charge < -0.3 is 20.3 Å². The summed E-state index contributed by atoms with van der Waals surface area (Å²) in [5.41, 5.74) is 1.91. The highest BCUT2D eigenvalue weighted by atomic mass is 16.5. The topological polar surface area (TPSA) is 92.2 Å². The minimum atomic E-state index is -0.236. The van der Waals surface area contributed by atoms with E-state index in [4.69, 9.17) is 4.74 Å². The number of quaternary nitrogens is 1. The highest BCUT2D eigenvalue weighted by Gasteiger charge is 2.28. The van der Waals surface area contributed by atoms with E-state index in [1.807, 2.05) is 6.07 Å². The fourth-order valence-corrected chi connectivity index (χ4v) is 3.05. The SMILES string of the molecule is COc1cccc(NC(=O)C[NH+](C)CC(=O)N2CC(=O)Nc3ccccc32)c1. The lowest BCUT2D eigenvalue weighted by atomic mass is 10.2. The Balaban J connectivity index is 1.58. The molecular formula is C20H23N4O4+. The van der Waals surface area contributed by atoms with Gasteiger partial charge in [-0.25, -0.2) is 0 Å². The predicted molar refractivity (Wildman–Crippen MR) is 106 cm³/mol. The molecule has 3 rings (SSSR count). The van der Waals surface area contributed by atoms with Crippen molar-refractivity contribution in [2.75, 3.05) is 49.3 Å². The molecule has 3 N–H and O–H groups in total. The van der Waals surface area contributed by atoms with Crippen LogP contribution in [0, 0.1) is 0 Å². The third kappa shape index (κ3) is 4.66. The maximum Gasteiger partial charge on any atom is 0.282 e. The van der Waals surface area contributed by atoms with Gasteiger partial charge in [-0.2, -0.15) is 0 Å². The van der Waals surface area contributed by atoms with Crippen LogP contribution in [0.2, 0.25) is 0 Å². The van der Waals surface area contributed by atoms with Crippen molar-refractivity contribution in [1.29, 1.82) is 0 Å². The second kappa shape index (κ2) is 8.53. The number of methoxy groups -OCH3 is 1. The standard InChI is InChI=1S/C20H22N4O4/c1-23(11-18(25)21-14-6-5-7-15(10-14)28-2)13-20(27)24-12-19(26)22-16-8-3-4-9-17(16)24/h3-10H,11-13H2,1-2H3,(H,21,25)(H,22,26)/p+1. The van der Waals surface area contributed by atoms with Crippen molar-refractivity contribution >= 4 is 34.8 Å². The molecule has 1 atom stereocenters. The molecule has 1 aliphatic rings. The Morgan fingerprint density at radius 1 is 1.18 bits per heavy atom. The molecule has 8 nitrogen and oxygen atoms in total. The third-order valence-electron chi connectivity index (χ3n) is 4.34. The van der Waals surface area contributed by atoms with Gasteiger partial charge in [0.1, 0.15) is 12.3 Å². The van der Waals surface area contributed by atoms with Gasteiger partial charge in [-0.05, 0) is 24.3 Å². The van der Waals surface area contributed by atoms with E-state index < -0.39 is 0 Å². The number of amides is 3. The lowest BCUT2D eigenvalue weighted by molar-refractivity contribution is -0.862. The van der Waals surface area contributed by atoms with Gasteiger partial charge in [-0.1, -0.05) is 18.2 Å². The molecule has 0 radical (unpaired) electrons. The molecule has 146 valence electrons. The van der Waals surface area contributed by atoms with Crippen LogP contribution in [0.5, 0.6) is 5.75 Å². The normalized spacial score (nSPS) is 13.9. The van der Waals surface area contributed by atoms with E-state index in [0.717, 1.165) is 0 Å². The summed E-state index contributed by atoms with van der Waals surface area (Å²) in [5.74, 6) is -0.0134. The molecule has 8 heteroatoms. The first-order valence-electron chi connectivity index (χ1n) is 8.90. The van der Waals surface area contributed by atoms with Gasteiger partial charge in [-0.15, -0.1) is 0 Å². The molecule has 0 aromatic heterocycles. The molecule has 28 heavy (non-hydrogen) atoms. The van der Waals surface area contributed by atoms with Crippen LogP contribution in [0.1, 0.15) is 0 Å². The van der Waals surface area contributed by atoms with E-state index >= 15 is 0 Å². The lowest BCUT2D eigenvalue weighted by Crippen LogP contribution is -3.11. The quantitative estimate of drug-likeness (QED) is 0.661. The van der Waals surface area contributed by atoms with E-state index in [-0.39, 0.29) is 37.4 Å². The number of benzene rings is 2. The molecule has 1 aliphatic heterocycles. The number of para-hydroxylation sites is 2. The van der Waals surface area contributed by atoms with Gasteiger partial charge in [-0.3, -0.25) is 19.3 Å². The molecule has 3 amide bonds. The summed E-state index contributed by atoms with van der Waals surface area (Å²) in [4.78, 5) is 39.0. The molecule has 0 spiro atoms. The second-order valence-electron chi connectivity index (χ2n) is 6.64. The Bertz CT molecular complexity index is 899. The highest BCUT2D eigenvalue weighted by Crippen LogP contribution is 2.28. The Morgan fingerprint density at radius 2 is 1.96 bits per heavy atom. The number of likely N-dealkylation sites (N-methyl/N-ethyl adjacent to an activating group) is 1. The van der Waals surface area contributed by atoms with Crippen LogP contribution >= 0.6 is 0 Å². The predicted octanol–water partition coefficient (Wildman–Crippen LogP) is 0.134. The van der Waals surface area contributed by atoms with Crippen LogP contribution in [-0.4, -0.2) is 51.5 Å². The summed E-state index contributed by atoms with van der Waals surface area (Å²) in [6, 6.07) is 14.2. The monoisotopic (exact) mass is 383 g/mol. The average molecular weight is 383 g/mol. The first-order chi connectivity index (χ1) is 13.5. The zero-order valence-electron chi connectivity index (χ0n) is 15.8. The summed E-state index contributed by atoms with van der Waals surface area (Å²) >= 11 is 0. The number of hydrogen-bond acceptors (Lipinski definition) is 4. The van der Waals surface area contributed by atoms with Gasteiger partial charge in [0.05, 0.1) is 25.5 Å². The largest absolute Gasteiger partial charge is 0.497 e. The van der Waals surface area contributed by atoms with E-state index in [9.17, 15) is 14.4 Å². The van der Waals surface area contributed by atoms with Crippen molar-refractivity contribution in [2.45, 2.75) is 0 Å². The average Bonchev–Trinajstić information content (AvgIpc) is 2.67. The number of carbonyl (C=O) groups excluding carboxylic acids is 3. The zero-order valence-corrected chi connectivity index (χ0v) is 15.8. The number of rotatable bonds is 6. The minimum absolute atomic E-state index is 0.0286. The number of anilines is 3. The summed E-state index contributed by atoms with van der Waals surface area (Å²) in [5, 5.41) is 5.55. The molecule has 2 aromatic carbocycles. The fourth-order valence-electron chi connectivity index (χ4n) is 3.05. The Kier molecular flexibility index (Phi) is 5.90. The van der Waals surface area contributed by atoms with Gasteiger partial charge in [0.25, 0.3) is 11.8 Å².